The van der Waals surface area contributed by atoms with Gasteiger partial charge in [-0.2, -0.15) is 0 Å². The van der Waals surface area contributed by atoms with Crippen LogP contribution in [-0.2, 0) is 0 Å². The molecule has 0 saturated carbocycles. The largest absolute Gasteiger partial charge is 0.310 e. The van der Waals surface area contributed by atoms with Crippen molar-refractivity contribution in [1.82, 2.24) is 4.57 Å². The SMILES string of the molecule is c1ccc(-c2cccc(-n3c4ccccc4c4cc(N(c5ccccc5)c5ccc(-c6ccc7c(-c8ccccc8)c8ccccc8c(-c8ccccc8)c7c6)cc5)ccc43)c2)cc1. The topological polar surface area (TPSA) is 8.17 Å². The molecule has 12 rings (SSSR count). The highest BCUT2D eigenvalue weighted by atomic mass is 15.1. The van der Waals surface area contributed by atoms with Gasteiger partial charge in [0.05, 0.1) is 11.0 Å². The third-order valence-electron chi connectivity index (χ3n) is 12.7. The van der Waals surface area contributed by atoms with Crippen LogP contribution in [0.5, 0.6) is 0 Å². The lowest BCUT2D eigenvalue weighted by atomic mass is 9.85. The zero-order valence-electron chi connectivity index (χ0n) is 35.1. The third kappa shape index (κ3) is 6.44. The Morgan fingerprint density at radius 1 is 0.234 bits per heavy atom. The van der Waals surface area contributed by atoms with Crippen LogP contribution in [0.2, 0.25) is 0 Å². The van der Waals surface area contributed by atoms with Gasteiger partial charge in [-0.3, -0.25) is 0 Å². The van der Waals surface area contributed by atoms with E-state index < -0.39 is 0 Å². The van der Waals surface area contributed by atoms with Crippen molar-refractivity contribution in [3.63, 3.8) is 0 Å². The fourth-order valence-corrected chi connectivity index (χ4v) is 9.85. The second-order valence-electron chi connectivity index (χ2n) is 16.5. The molecule has 1 heterocycles. The molecule has 0 spiro atoms. The summed E-state index contributed by atoms with van der Waals surface area (Å²) in [5, 5.41) is 7.45. The van der Waals surface area contributed by atoms with Gasteiger partial charge >= 0.3 is 0 Å². The van der Waals surface area contributed by atoms with Crippen LogP contribution in [0.25, 0.3) is 93.5 Å². The molecule has 0 aliphatic carbocycles. The summed E-state index contributed by atoms with van der Waals surface area (Å²) in [4.78, 5) is 2.37. The smallest absolute Gasteiger partial charge is 0.0542 e. The van der Waals surface area contributed by atoms with Gasteiger partial charge in [-0.25, -0.2) is 0 Å². The second-order valence-corrected chi connectivity index (χ2v) is 16.5. The summed E-state index contributed by atoms with van der Waals surface area (Å²) in [6.45, 7) is 0. The summed E-state index contributed by atoms with van der Waals surface area (Å²) in [5.74, 6) is 0. The molecule has 64 heavy (non-hydrogen) atoms. The first kappa shape index (κ1) is 37.3. The minimum Gasteiger partial charge on any atom is -0.310 e. The zero-order valence-corrected chi connectivity index (χ0v) is 35.1. The Balaban J connectivity index is 0.983. The molecule has 11 aromatic carbocycles. The summed E-state index contributed by atoms with van der Waals surface area (Å²) >= 11 is 0. The minimum absolute atomic E-state index is 1.09. The molecule has 12 aromatic rings. The van der Waals surface area contributed by atoms with Gasteiger partial charge in [-0.15, -0.1) is 0 Å². The molecule has 2 nitrogen and oxygen atoms in total. The average Bonchev–Trinajstić information content (AvgIpc) is 3.70. The van der Waals surface area contributed by atoms with Crippen molar-refractivity contribution in [1.29, 1.82) is 0 Å². The van der Waals surface area contributed by atoms with E-state index in [-0.39, 0.29) is 0 Å². The highest BCUT2D eigenvalue weighted by molar-refractivity contribution is 6.22. The number of anilines is 3. The van der Waals surface area contributed by atoms with Gasteiger partial charge in [0.25, 0.3) is 0 Å². The molecule has 1 aromatic heterocycles. The van der Waals surface area contributed by atoms with Crippen molar-refractivity contribution in [3.8, 4) is 50.2 Å². The fourth-order valence-electron chi connectivity index (χ4n) is 9.85. The Labute approximate surface area is 373 Å². The van der Waals surface area contributed by atoms with Crippen molar-refractivity contribution in [2.45, 2.75) is 0 Å². The lowest BCUT2D eigenvalue weighted by Gasteiger charge is -2.26. The molecule has 0 aliphatic rings. The van der Waals surface area contributed by atoms with Crippen molar-refractivity contribution in [3.05, 3.63) is 255 Å². The maximum atomic E-state index is 2.40. The van der Waals surface area contributed by atoms with Gasteiger partial charge < -0.3 is 9.47 Å². The summed E-state index contributed by atoms with van der Waals surface area (Å²) < 4.78 is 2.40. The van der Waals surface area contributed by atoms with E-state index in [9.17, 15) is 0 Å². The quantitative estimate of drug-likeness (QED) is 0.139. The number of rotatable bonds is 8. The van der Waals surface area contributed by atoms with Crippen LogP contribution in [0.1, 0.15) is 0 Å². The first-order valence-corrected chi connectivity index (χ1v) is 22.0. The average molecular weight is 815 g/mol. The third-order valence-corrected chi connectivity index (χ3v) is 12.7. The van der Waals surface area contributed by atoms with Crippen LogP contribution in [-0.4, -0.2) is 4.57 Å². The highest BCUT2D eigenvalue weighted by Gasteiger charge is 2.20. The number of hydrogen-bond donors (Lipinski definition) is 0. The Morgan fingerprint density at radius 2 is 0.688 bits per heavy atom. The Bertz CT molecular complexity index is 3630. The maximum Gasteiger partial charge on any atom is 0.0542 e. The second kappa shape index (κ2) is 15.8. The van der Waals surface area contributed by atoms with Crippen LogP contribution in [0.3, 0.4) is 0 Å². The highest BCUT2D eigenvalue weighted by Crippen LogP contribution is 2.46. The molecule has 0 atom stereocenters. The fraction of sp³-hybridized carbons (Fsp3) is 0. The Hall–Kier alpha value is -8.46. The van der Waals surface area contributed by atoms with Gasteiger partial charge in [0.2, 0.25) is 0 Å². The number of nitrogens with zero attached hydrogens (tertiary/aromatic N) is 2. The van der Waals surface area contributed by atoms with E-state index in [0.29, 0.717) is 0 Å². The monoisotopic (exact) mass is 814 g/mol. The van der Waals surface area contributed by atoms with Gasteiger partial charge in [-0.1, -0.05) is 188 Å². The van der Waals surface area contributed by atoms with Crippen LogP contribution in [0, 0.1) is 0 Å². The van der Waals surface area contributed by atoms with E-state index in [4.69, 9.17) is 0 Å². The van der Waals surface area contributed by atoms with Gasteiger partial charge in [0, 0.05) is 33.5 Å². The van der Waals surface area contributed by atoms with E-state index in [1.807, 2.05) is 0 Å². The van der Waals surface area contributed by atoms with E-state index in [1.165, 1.54) is 87.9 Å². The maximum absolute atomic E-state index is 2.40. The van der Waals surface area contributed by atoms with Crippen LogP contribution in [0.4, 0.5) is 17.1 Å². The summed E-state index contributed by atoms with van der Waals surface area (Å²) in [6, 6.07) is 92.6. The normalized spacial score (nSPS) is 11.4. The standard InChI is InChI=1S/C62H42N2/c1-5-18-43(19-6-1)47-24-17-27-51(40-47)64-59-31-16-15-28-53(59)57-42-52(37-39-60(57)64)63(49-25-11-4-12-26-49)50-35-32-44(33-36-50)48-34-38-56-58(41-48)62(46-22-9-3-10-23-46)55-30-14-13-29-54(55)61(56)45-20-7-2-8-21-45/h1-42H. The van der Waals surface area contributed by atoms with Gasteiger partial charge in [0.1, 0.15) is 0 Å². The number of aromatic nitrogens is 1. The van der Waals surface area contributed by atoms with Crippen molar-refractivity contribution < 1.29 is 0 Å². The van der Waals surface area contributed by atoms with E-state index in [0.717, 1.165) is 22.7 Å². The number of benzene rings is 11. The van der Waals surface area contributed by atoms with Crippen LogP contribution >= 0.6 is 0 Å². The van der Waals surface area contributed by atoms with Gasteiger partial charge in [-0.05, 0) is 133 Å². The Morgan fingerprint density at radius 3 is 1.36 bits per heavy atom. The molecular formula is C62H42N2. The van der Waals surface area contributed by atoms with E-state index in [1.54, 1.807) is 0 Å². The minimum atomic E-state index is 1.09. The molecule has 300 valence electrons. The first-order chi connectivity index (χ1) is 31.8. The summed E-state index contributed by atoms with van der Waals surface area (Å²) in [6.07, 6.45) is 0. The molecular weight excluding hydrogens is 773 g/mol. The number of hydrogen-bond acceptors (Lipinski definition) is 1. The molecule has 0 fully saturated rings. The predicted molar refractivity (Wildman–Crippen MR) is 272 cm³/mol. The van der Waals surface area contributed by atoms with Gasteiger partial charge in [0.15, 0.2) is 0 Å². The first-order valence-electron chi connectivity index (χ1n) is 22.0. The summed E-state index contributed by atoms with van der Waals surface area (Å²) in [5.41, 5.74) is 16.5. The molecule has 0 bridgehead atoms. The lowest BCUT2D eigenvalue weighted by molar-refractivity contribution is 1.18. The molecule has 0 amide bonds. The Kier molecular flexibility index (Phi) is 9.20. The predicted octanol–water partition coefficient (Wildman–Crippen LogP) is 17.2. The zero-order chi connectivity index (χ0) is 42.4. The molecule has 2 heteroatoms. The molecule has 0 N–H and O–H groups in total. The molecule has 0 saturated heterocycles. The number of fused-ring (bicyclic) bond motifs is 5. The van der Waals surface area contributed by atoms with Crippen LogP contribution in [0.15, 0.2) is 255 Å². The van der Waals surface area contributed by atoms with Crippen molar-refractivity contribution >= 4 is 60.4 Å². The van der Waals surface area contributed by atoms with E-state index in [2.05, 4.69) is 264 Å². The molecule has 0 radical (unpaired) electrons. The summed E-state index contributed by atoms with van der Waals surface area (Å²) in [7, 11) is 0. The lowest BCUT2D eigenvalue weighted by Crippen LogP contribution is -2.09. The molecule has 0 aliphatic heterocycles. The van der Waals surface area contributed by atoms with Crippen LogP contribution < -0.4 is 4.90 Å². The number of para-hydroxylation sites is 2. The van der Waals surface area contributed by atoms with E-state index >= 15 is 0 Å². The van der Waals surface area contributed by atoms with Crippen molar-refractivity contribution in [2.75, 3.05) is 4.90 Å². The van der Waals surface area contributed by atoms with Crippen molar-refractivity contribution in [2.24, 2.45) is 0 Å². The molecule has 0 unspecified atom stereocenters.